The summed E-state index contributed by atoms with van der Waals surface area (Å²) in [6.45, 7) is 6.63. The maximum atomic E-state index is 13.1. The summed E-state index contributed by atoms with van der Waals surface area (Å²) in [7, 11) is 1.66. The predicted molar refractivity (Wildman–Crippen MR) is 120 cm³/mol. The van der Waals surface area contributed by atoms with Crippen LogP contribution in [0.1, 0.15) is 18.9 Å². The second kappa shape index (κ2) is 8.88. The van der Waals surface area contributed by atoms with Crippen molar-refractivity contribution in [1.82, 2.24) is 4.90 Å². The maximum Gasteiger partial charge on any atom is 0.268 e. The van der Waals surface area contributed by atoms with E-state index in [9.17, 15) is 9.59 Å². The molecule has 4 rings (SSSR count). The molecule has 1 unspecified atom stereocenters. The summed E-state index contributed by atoms with van der Waals surface area (Å²) in [6, 6.07) is 13.7. The largest absolute Gasteiger partial charge is 0.497 e. The van der Waals surface area contributed by atoms with E-state index in [1.165, 1.54) is 0 Å². The lowest BCUT2D eigenvalue weighted by Gasteiger charge is -2.38. The highest BCUT2D eigenvalue weighted by atomic mass is 16.5. The highest BCUT2D eigenvalue weighted by Crippen LogP contribution is 2.35. The quantitative estimate of drug-likeness (QED) is 0.740. The van der Waals surface area contributed by atoms with E-state index in [0.717, 1.165) is 30.1 Å². The van der Waals surface area contributed by atoms with Gasteiger partial charge in [0.1, 0.15) is 18.0 Å². The van der Waals surface area contributed by atoms with E-state index >= 15 is 0 Å². The Hall–Kier alpha value is -3.22. The molecule has 0 bridgehead atoms. The van der Waals surface area contributed by atoms with Crippen molar-refractivity contribution in [3.05, 3.63) is 48.0 Å². The van der Waals surface area contributed by atoms with Gasteiger partial charge in [-0.3, -0.25) is 14.5 Å². The van der Waals surface area contributed by atoms with Crippen LogP contribution in [0.3, 0.4) is 0 Å². The Balaban J connectivity index is 1.44. The molecule has 0 aromatic heterocycles. The molecular formula is C24H29N3O4. The van der Waals surface area contributed by atoms with Gasteiger partial charge in [0, 0.05) is 37.9 Å². The minimum Gasteiger partial charge on any atom is -0.497 e. The van der Waals surface area contributed by atoms with Crippen LogP contribution in [0.4, 0.5) is 11.4 Å². The van der Waals surface area contributed by atoms with E-state index in [0.29, 0.717) is 30.9 Å². The van der Waals surface area contributed by atoms with Crippen molar-refractivity contribution >= 4 is 23.2 Å². The van der Waals surface area contributed by atoms with Gasteiger partial charge in [-0.15, -0.1) is 0 Å². The zero-order valence-corrected chi connectivity index (χ0v) is 18.3. The number of fused-ring (bicyclic) bond motifs is 1. The Bertz CT molecular complexity index is 969. The molecule has 0 radical (unpaired) electrons. The zero-order valence-electron chi connectivity index (χ0n) is 18.3. The van der Waals surface area contributed by atoms with Gasteiger partial charge in [0.05, 0.1) is 12.8 Å². The van der Waals surface area contributed by atoms with E-state index < -0.39 is 6.10 Å². The van der Waals surface area contributed by atoms with Crippen molar-refractivity contribution in [1.29, 1.82) is 0 Å². The van der Waals surface area contributed by atoms with Crippen LogP contribution in [0.2, 0.25) is 0 Å². The van der Waals surface area contributed by atoms with Gasteiger partial charge in [0.15, 0.2) is 6.10 Å². The van der Waals surface area contributed by atoms with Crippen molar-refractivity contribution in [2.45, 2.75) is 26.4 Å². The van der Waals surface area contributed by atoms with Gasteiger partial charge in [-0.25, -0.2) is 0 Å². The predicted octanol–water partition coefficient (Wildman–Crippen LogP) is 2.86. The first kappa shape index (κ1) is 21.0. The molecule has 2 amide bonds. The number of hydrogen-bond donors (Lipinski definition) is 0. The molecule has 1 fully saturated rings. The molecule has 7 heteroatoms. The van der Waals surface area contributed by atoms with E-state index in [1.807, 2.05) is 55.1 Å². The minimum absolute atomic E-state index is 0.0360. The Kier molecular flexibility index (Phi) is 6.02. The molecular weight excluding hydrogens is 394 g/mol. The first-order chi connectivity index (χ1) is 15.0. The smallest absolute Gasteiger partial charge is 0.268 e. The number of carbonyl (C=O) groups excluding carboxylic acids is 2. The van der Waals surface area contributed by atoms with Crippen LogP contribution >= 0.6 is 0 Å². The molecule has 7 nitrogen and oxygen atoms in total. The molecule has 0 spiro atoms. The molecule has 1 saturated heterocycles. The Morgan fingerprint density at radius 1 is 1.13 bits per heavy atom. The summed E-state index contributed by atoms with van der Waals surface area (Å²) in [5.74, 6) is 1.29. The third-order valence-electron chi connectivity index (χ3n) is 5.93. The number of amides is 2. The third-order valence-corrected chi connectivity index (χ3v) is 5.93. The normalized spacial score (nSPS) is 18.5. The van der Waals surface area contributed by atoms with Gasteiger partial charge in [-0.1, -0.05) is 19.1 Å². The van der Waals surface area contributed by atoms with Gasteiger partial charge in [0.25, 0.3) is 5.91 Å². The molecule has 2 aliphatic heterocycles. The van der Waals surface area contributed by atoms with Crippen LogP contribution in [0.5, 0.6) is 11.5 Å². The molecule has 31 heavy (non-hydrogen) atoms. The van der Waals surface area contributed by atoms with Crippen LogP contribution in [-0.2, 0) is 9.59 Å². The molecule has 164 valence electrons. The van der Waals surface area contributed by atoms with E-state index in [4.69, 9.17) is 9.47 Å². The van der Waals surface area contributed by atoms with E-state index in [2.05, 4.69) is 11.0 Å². The lowest BCUT2D eigenvalue weighted by Crippen LogP contribution is -2.54. The fourth-order valence-corrected chi connectivity index (χ4v) is 4.11. The molecule has 0 saturated carbocycles. The first-order valence-electron chi connectivity index (χ1n) is 10.8. The molecule has 2 aliphatic rings. The van der Waals surface area contributed by atoms with Crippen molar-refractivity contribution in [3.63, 3.8) is 0 Å². The maximum absolute atomic E-state index is 13.1. The molecule has 0 N–H and O–H groups in total. The second-order valence-corrected chi connectivity index (χ2v) is 7.98. The summed E-state index contributed by atoms with van der Waals surface area (Å²) in [5.41, 5.74) is 2.79. The average Bonchev–Trinajstić information content (AvgIpc) is 2.81. The lowest BCUT2D eigenvalue weighted by molar-refractivity contribution is -0.133. The summed E-state index contributed by atoms with van der Waals surface area (Å²) in [5, 5.41) is 0. The fourth-order valence-electron chi connectivity index (χ4n) is 4.11. The third kappa shape index (κ3) is 4.31. The van der Waals surface area contributed by atoms with E-state index in [1.54, 1.807) is 12.0 Å². The van der Waals surface area contributed by atoms with Crippen LogP contribution in [-0.4, -0.2) is 62.7 Å². The minimum atomic E-state index is -0.548. The average molecular weight is 424 g/mol. The van der Waals surface area contributed by atoms with Crippen LogP contribution in [0.25, 0.3) is 0 Å². The first-order valence-corrected chi connectivity index (χ1v) is 10.8. The van der Waals surface area contributed by atoms with Crippen molar-refractivity contribution in [2.75, 3.05) is 49.6 Å². The number of hydrogen-bond acceptors (Lipinski definition) is 5. The summed E-state index contributed by atoms with van der Waals surface area (Å²) in [4.78, 5) is 31.7. The van der Waals surface area contributed by atoms with Gasteiger partial charge in [-0.05, 0) is 43.2 Å². The molecule has 2 heterocycles. The highest BCUT2D eigenvalue weighted by Gasteiger charge is 2.35. The fraction of sp³-hybridized carbons (Fsp3) is 0.417. The molecule has 1 atom stereocenters. The number of benzene rings is 2. The summed E-state index contributed by atoms with van der Waals surface area (Å²) >= 11 is 0. The van der Waals surface area contributed by atoms with Gasteiger partial charge in [-0.2, -0.15) is 0 Å². The number of nitrogens with zero attached hydrogens (tertiary/aromatic N) is 3. The number of anilines is 2. The van der Waals surface area contributed by atoms with Crippen molar-refractivity contribution < 1.29 is 19.1 Å². The van der Waals surface area contributed by atoms with Crippen LogP contribution in [0.15, 0.2) is 42.5 Å². The summed E-state index contributed by atoms with van der Waals surface area (Å²) < 4.78 is 11.2. The number of methoxy groups -OCH3 is 1. The summed E-state index contributed by atoms with van der Waals surface area (Å²) in [6.07, 6.45) is 0.0173. The monoisotopic (exact) mass is 423 g/mol. The number of aryl methyl sites for hydroxylation is 1. The Morgan fingerprint density at radius 2 is 1.90 bits per heavy atom. The molecule has 0 aliphatic carbocycles. The highest BCUT2D eigenvalue weighted by molar-refractivity contribution is 6.04. The lowest BCUT2D eigenvalue weighted by atomic mass is 10.1. The SMILES string of the molecule is CCC1Oc2ccc(C)cc2N(CC(=O)N2CCN(c3cccc(OC)c3)CC2)C1=O. The molecule has 2 aromatic rings. The van der Waals surface area contributed by atoms with Gasteiger partial charge < -0.3 is 19.3 Å². The van der Waals surface area contributed by atoms with Crippen molar-refractivity contribution in [3.8, 4) is 11.5 Å². The Labute approximate surface area is 183 Å². The number of piperazine rings is 1. The number of ether oxygens (including phenoxy) is 2. The number of rotatable bonds is 5. The topological polar surface area (TPSA) is 62.3 Å². The molecule has 2 aromatic carbocycles. The second-order valence-electron chi connectivity index (χ2n) is 7.98. The van der Waals surface area contributed by atoms with Gasteiger partial charge in [0.2, 0.25) is 5.91 Å². The standard InChI is InChI=1S/C24H29N3O4/c1-4-21-24(29)27(20-14-17(2)8-9-22(20)31-21)16-23(28)26-12-10-25(11-13-26)18-6-5-7-19(15-18)30-3/h5-9,14-15,21H,4,10-13,16H2,1-3H3. The number of carbonyl (C=O) groups is 2. The van der Waals surface area contributed by atoms with Gasteiger partial charge >= 0.3 is 0 Å². The zero-order chi connectivity index (χ0) is 22.0. The van der Waals surface area contributed by atoms with E-state index in [-0.39, 0.29) is 18.4 Å². The van der Waals surface area contributed by atoms with Crippen LogP contribution < -0.4 is 19.3 Å². The Morgan fingerprint density at radius 3 is 2.61 bits per heavy atom. The van der Waals surface area contributed by atoms with Crippen molar-refractivity contribution in [2.24, 2.45) is 0 Å². The van der Waals surface area contributed by atoms with Crippen LogP contribution in [0, 0.1) is 6.92 Å².